The maximum Gasteiger partial charge on any atom is 0.303 e. The molecule has 0 aromatic rings. The van der Waals surface area contributed by atoms with Gasteiger partial charge in [0.05, 0.1) is 6.10 Å². The van der Waals surface area contributed by atoms with Gasteiger partial charge in [-0.25, -0.2) is 0 Å². The number of ketones is 1. The summed E-state index contributed by atoms with van der Waals surface area (Å²) in [6, 6.07) is 0. The number of fused-ring (bicyclic) bond motifs is 5. The number of carbonyl (C=O) groups excluding carboxylic acids is 1. The van der Waals surface area contributed by atoms with E-state index in [4.69, 9.17) is 9.47 Å². The molecule has 1 saturated heterocycles. The van der Waals surface area contributed by atoms with Gasteiger partial charge in [-0.2, -0.15) is 0 Å². The summed E-state index contributed by atoms with van der Waals surface area (Å²) in [6.07, 6.45) is 13.3. The van der Waals surface area contributed by atoms with E-state index in [1.54, 1.807) is 0 Å². The minimum atomic E-state index is -0.689. The van der Waals surface area contributed by atoms with Gasteiger partial charge in [-0.3, -0.25) is 9.59 Å². The molecule has 10 atom stereocenters. The zero-order valence-corrected chi connectivity index (χ0v) is 21.6. The maximum atomic E-state index is 13.8. The molecular weight excluding hydrogens is 428 g/mol. The molecule has 0 spiro atoms. The Morgan fingerprint density at radius 2 is 1.85 bits per heavy atom. The van der Waals surface area contributed by atoms with Crippen molar-refractivity contribution in [2.24, 2.45) is 46.3 Å². The largest absolute Gasteiger partial charge is 0.481 e. The fourth-order valence-electron chi connectivity index (χ4n) is 9.58. The molecule has 1 heterocycles. The molecule has 4 aliphatic carbocycles. The van der Waals surface area contributed by atoms with Crippen LogP contribution in [-0.2, 0) is 19.1 Å². The lowest BCUT2D eigenvalue weighted by Crippen LogP contribution is -2.57. The van der Waals surface area contributed by atoms with Crippen molar-refractivity contribution in [2.75, 3.05) is 6.61 Å². The van der Waals surface area contributed by atoms with E-state index < -0.39 is 5.97 Å². The van der Waals surface area contributed by atoms with Crippen LogP contribution in [0.5, 0.6) is 0 Å². The van der Waals surface area contributed by atoms with Crippen LogP contribution in [0.3, 0.4) is 0 Å². The number of carboxylic acids is 1. The fourth-order valence-corrected chi connectivity index (χ4v) is 9.58. The van der Waals surface area contributed by atoms with Crippen LogP contribution in [0, 0.1) is 46.3 Å². The second-order valence-corrected chi connectivity index (χ2v) is 13.1. The Morgan fingerprint density at radius 3 is 2.59 bits per heavy atom. The SMILES string of the molecule is C[C@H](CCC(=O)O)[C@H]1CCC2[C@@H]3C(=O)C[C@@H]4C[C@H](OC5CCCCO5)CC[C@]4(C)C3CC[C@@]21C. The van der Waals surface area contributed by atoms with Gasteiger partial charge >= 0.3 is 5.97 Å². The predicted molar refractivity (Wildman–Crippen MR) is 130 cm³/mol. The fraction of sp³-hybridized carbons (Fsp3) is 0.931. The first kappa shape index (κ1) is 24.7. The molecule has 192 valence electrons. The Morgan fingerprint density at radius 1 is 1.09 bits per heavy atom. The van der Waals surface area contributed by atoms with E-state index >= 15 is 0 Å². The molecule has 3 unspecified atom stereocenters. The molecule has 5 rings (SSSR count). The van der Waals surface area contributed by atoms with Gasteiger partial charge in [0.1, 0.15) is 5.78 Å². The zero-order valence-electron chi connectivity index (χ0n) is 21.6. The number of carboxylic acid groups (broad SMARTS) is 1. The Kier molecular flexibility index (Phi) is 6.91. The lowest BCUT2D eigenvalue weighted by Gasteiger charge is -2.60. The highest BCUT2D eigenvalue weighted by atomic mass is 16.7. The van der Waals surface area contributed by atoms with Gasteiger partial charge in [0, 0.05) is 25.4 Å². The number of Topliss-reactive ketones (excluding diaryl/α,β-unsaturated/α-hetero) is 1. The Labute approximate surface area is 205 Å². The smallest absolute Gasteiger partial charge is 0.303 e. The minimum absolute atomic E-state index is 0.0379. The number of ether oxygens (including phenoxy) is 2. The van der Waals surface area contributed by atoms with E-state index in [0.717, 1.165) is 64.4 Å². The summed E-state index contributed by atoms with van der Waals surface area (Å²) in [6.45, 7) is 8.01. The molecule has 5 aliphatic rings. The van der Waals surface area contributed by atoms with Crippen LogP contribution in [0.4, 0.5) is 0 Å². The van der Waals surface area contributed by atoms with Gasteiger partial charge in [-0.05, 0) is 111 Å². The Hall–Kier alpha value is -0.940. The molecule has 5 heteroatoms. The van der Waals surface area contributed by atoms with Crippen molar-refractivity contribution < 1.29 is 24.2 Å². The number of rotatable bonds is 6. The summed E-state index contributed by atoms with van der Waals surface area (Å²) in [7, 11) is 0. The third-order valence-electron chi connectivity index (χ3n) is 11.5. The van der Waals surface area contributed by atoms with Crippen LogP contribution in [0.2, 0.25) is 0 Å². The highest BCUT2D eigenvalue weighted by Gasteiger charge is 2.63. The number of aliphatic carboxylic acids is 1. The summed E-state index contributed by atoms with van der Waals surface area (Å²) in [5.74, 6) is 2.46. The molecule has 0 bridgehead atoms. The van der Waals surface area contributed by atoms with Crippen LogP contribution in [0.15, 0.2) is 0 Å². The van der Waals surface area contributed by atoms with E-state index in [1.165, 1.54) is 19.3 Å². The summed E-state index contributed by atoms with van der Waals surface area (Å²) in [5, 5.41) is 9.18. The summed E-state index contributed by atoms with van der Waals surface area (Å²) in [5.41, 5.74) is 0.441. The minimum Gasteiger partial charge on any atom is -0.481 e. The number of hydrogen-bond acceptors (Lipinski definition) is 4. The van der Waals surface area contributed by atoms with Crippen molar-refractivity contribution >= 4 is 11.8 Å². The Bertz CT molecular complexity index is 774. The highest BCUT2D eigenvalue weighted by molar-refractivity contribution is 5.83. The molecule has 0 aromatic heterocycles. The van der Waals surface area contributed by atoms with Gasteiger partial charge < -0.3 is 14.6 Å². The van der Waals surface area contributed by atoms with Crippen LogP contribution in [0.1, 0.15) is 104 Å². The quantitative estimate of drug-likeness (QED) is 0.462. The van der Waals surface area contributed by atoms with Crippen LogP contribution < -0.4 is 0 Å². The topological polar surface area (TPSA) is 72.8 Å². The molecule has 5 nitrogen and oxygen atoms in total. The second-order valence-electron chi connectivity index (χ2n) is 13.1. The lowest BCUT2D eigenvalue weighted by atomic mass is 9.44. The van der Waals surface area contributed by atoms with Gasteiger partial charge in [-0.1, -0.05) is 20.8 Å². The maximum absolute atomic E-state index is 13.8. The van der Waals surface area contributed by atoms with Crippen molar-refractivity contribution in [3.63, 3.8) is 0 Å². The third kappa shape index (κ3) is 4.27. The van der Waals surface area contributed by atoms with E-state index in [1.807, 2.05) is 0 Å². The van der Waals surface area contributed by atoms with Crippen LogP contribution >= 0.6 is 0 Å². The van der Waals surface area contributed by atoms with Crippen molar-refractivity contribution in [2.45, 2.75) is 117 Å². The second kappa shape index (κ2) is 9.50. The summed E-state index contributed by atoms with van der Waals surface area (Å²) < 4.78 is 12.2. The van der Waals surface area contributed by atoms with Crippen molar-refractivity contribution in [1.82, 2.24) is 0 Å². The highest BCUT2D eigenvalue weighted by Crippen LogP contribution is 2.67. The standard InChI is InChI=1S/C29H46O5/c1-18(7-10-25(31)32)21-8-9-22-27-23(12-14-29(21,22)3)28(2)13-11-20(16-19(28)17-24(27)30)34-26-6-4-5-15-33-26/h18-23,26-27H,4-17H2,1-3H3,(H,31,32)/t18-,19+,20-,21-,22?,23?,26?,27+,28+,29-/m1/s1. The van der Waals surface area contributed by atoms with E-state index in [9.17, 15) is 14.7 Å². The van der Waals surface area contributed by atoms with Gasteiger partial charge in [-0.15, -0.1) is 0 Å². The third-order valence-corrected chi connectivity index (χ3v) is 11.5. The van der Waals surface area contributed by atoms with Crippen LogP contribution in [0.25, 0.3) is 0 Å². The molecular formula is C29H46O5. The Balaban J connectivity index is 1.28. The van der Waals surface area contributed by atoms with E-state index in [2.05, 4.69) is 20.8 Å². The average molecular weight is 475 g/mol. The van der Waals surface area contributed by atoms with E-state index in [-0.39, 0.29) is 35.6 Å². The van der Waals surface area contributed by atoms with Gasteiger partial charge in [0.15, 0.2) is 6.29 Å². The van der Waals surface area contributed by atoms with Crippen molar-refractivity contribution in [3.05, 3.63) is 0 Å². The molecule has 1 N–H and O–H groups in total. The predicted octanol–water partition coefficient (Wildman–Crippen LogP) is 6.24. The molecule has 0 amide bonds. The van der Waals surface area contributed by atoms with Gasteiger partial charge in [0.25, 0.3) is 0 Å². The molecule has 0 radical (unpaired) electrons. The monoisotopic (exact) mass is 474 g/mol. The molecule has 34 heavy (non-hydrogen) atoms. The first-order valence-electron chi connectivity index (χ1n) is 14.2. The molecule has 1 aliphatic heterocycles. The van der Waals surface area contributed by atoms with Gasteiger partial charge in [0.2, 0.25) is 0 Å². The lowest BCUT2D eigenvalue weighted by molar-refractivity contribution is -0.211. The molecule has 0 aromatic carbocycles. The zero-order chi connectivity index (χ0) is 24.1. The summed E-state index contributed by atoms with van der Waals surface area (Å²) >= 11 is 0. The first-order chi connectivity index (χ1) is 16.2. The van der Waals surface area contributed by atoms with Crippen LogP contribution in [-0.4, -0.2) is 35.9 Å². The normalized spacial score (nSPS) is 47.4. The molecule has 4 saturated carbocycles. The first-order valence-corrected chi connectivity index (χ1v) is 14.2. The average Bonchev–Trinajstić information content (AvgIpc) is 3.16. The van der Waals surface area contributed by atoms with Crippen molar-refractivity contribution in [1.29, 1.82) is 0 Å². The van der Waals surface area contributed by atoms with Crippen molar-refractivity contribution in [3.8, 4) is 0 Å². The number of hydrogen-bond donors (Lipinski definition) is 1. The number of carbonyl (C=O) groups is 2. The molecule has 5 fully saturated rings. The van der Waals surface area contributed by atoms with E-state index in [0.29, 0.717) is 35.4 Å². The summed E-state index contributed by atoms with van der Waals surface area (Å²) in [4.78, 5) is 24.9.